The Kier molecular flexibility index (Phi) is 4.18. The first-order chi connectivity index (χ1) is 6.24. The van der Waals surface area contributed by atoms with Crippen LogP contribution in [-0.4, -0.2) is 25.5 Å². The van der Waals surface area contributed by atoms with E-state index in [1.807, 2.05) is 6.92 Å². The Balaban J connectivity index is 2.25. The Hall–Kier alpha value is -0.610. The molecule has 0 spiro atoms. The third-order valence-electron chi connectivity index (χ3n) is 2.75. The molecule has 0 aromatic heterocycles. The molecule has 0 aromatic carbocycles. The largest absolute Gasteiger partial charge is 0.334 e. The summed E-state index contributed by atoms with van der Waals surface area (Å²) in [6.07, 6.45) is 3.94. The van der Waals surface area contributed by atoms with Crippen molar-refractivity contribution >= 4 is 5.91 Å². The SMILES string of the molecule is C[C@H](C[NH+]1CCCCC1)C(=O)NN. The number of quaternary nitrogens is 1. The number of piperidine rings is 1. The van der Waals surface area contributed by atoms with E-state index in [2.05, 4.69) is 5.43 Å². The Bertz CT molecular complexity index is 166. The highest BCUT2D eigenvalue weighted by Gasteiger charge is 2.20. The molecule has 0 aromatic rings. The summed E-state index contributed by atoms with van der Waals surface area (Å²) in [5.41, 5.74) is 2.20. The topological polar surface area (TPSA) is 59.6 Å². The summed E-state index contributed by atoms with van der Waals surface area (Å²) in [6, 6.07) is 0. The predicted molar refractivity (Wildman–Crippen MR) is 50.9 cm³/mol. The fourth-order valence-electron chi connectivity index (χ4n) is 1.92. The summed E-state index contributed by atoms with van der Waals surface area (Å²) in [5, 5.41) is 0. The number of nitrogens with one attached hydrogen (secondary N) is 2. The number of hydrazine groups is 1. The van der Waals surface area contributed by atoms with Crippen molar-refractivity contribution in [2.45, 2.75) is 26.2 Å². The highest BCUT2D eigenvalue weighted by molar-refractivity contribution is 5.77. The fourth-order valence-corrected chi connectivity index (χ4v) is 1.92. The van der Waals surface area contributed by atoms with E-state index in [-0.39, 0.29) is 11.8 Å². The van der Waals surface area contributed by atoms with Gasteiger partial charge < -0.3 is 4.90 Å². The zero-order valence-corrected chi connectivity index (χ0v) is 8.31. The van der Waals surface area contributed by atoms with Gasteiger partial charge in [0.15, 0.2) is 0 Å². The second kappa shape index (κ2) is 5.19. The number of hydrogen-bond acceptors (Lipinski definition) is 2. The lowest BCUT2D eigenvalue weighted by Gasteiger charge is -2.25. The minimum Gasteiger partial charge on any atom is -0.334 e. The Morgan fingerprint density at radius 2 is 2.08 bits per heavy atom. The molecule has 1 amide bonds. The Morgan fingerprint density at radius 3 is 2.62 bits per heavy atom. The molecule has 76 valence electrons. The number of likely N-dealkylation sites (tertiary alicyclic amines) is 1. The van der Waals surface area contributed by atoms with E-state index in [0.29, 0.717) is 0 Å². The van der Waals surface area contributed by atoms with E-state index in [4.69, 9.17) is 5.84 Å². The van der Waals surface area contributed by atoms with Gasteiger partial charge in [0.05, 0.1) is 25.6 Å². The standard InChI is InChI=1S/C9H19N3O/c1-8(9(13)11-10)7-12-5-3-2-4-6-12/h8H,2-7,10H2,1H3,(H,11,13)/p+1/t8-/m1/s1. The molecule has 0 aliphatic carbocycles. The van der Waals surface area contributed by atoms with Crippen molar-refractivity contribution in [3.05, 3.63) is 0 Å². The molecule has 0 saturated carbocycles. The Morgan fingerprint density at radius 1 is 1.46 bits per heavy atom. The Labute approximate surface area is 79.4 Å². The molecule has 1 aliphatic rings. The van der Waals surface area contributed by atoms with Crippen LogP contribution in [0.15, 0.2) is 0 Å². The molecule has 0 unspecified atom stereocenters. The smallest absolute Gasteiger partial charge is 0.242 e. The molecule has 1 rings (SSSR count). The van der Waals surface area contributed by atoms with Crippen LogP contribution in [0.3, 0.4) is 0 Å². The molecule has 13 heavy (non-hydrogen) atoms. The first-order valence-corrected chi connectivity index (χ1v) is 5.08. The van der Waals surface area contributed by atoms with Gasteiger partial charge in [0.2, 0.25) is 5.91 Å². The lowest BCUT2D eigenvalue weighted by molar-refractivity contribution is -0.907. The quantitative estimate of drug-likeness (QED) is 0.291. The minimum absolute atomic E-state index is 0.0399. The van der Waals surface area contributed by atoms with E-state index < -0.39 is 0 Å². The second-order valence-corrected chi connectivity index (χ2v) is 3.92. The van der Waals surface area contributed by atoms with Crippen LogP contribution in [0.4, 0.5) is 0 Å². The maximum absolute atomic E-state index is 11.1. The van der Waals surface area contributed by atoms with E-state index in [9.17, 15) is 4.79 Å². The molecule has 1 aliphatic heterocycles. The van der Waals surface area contributed by atoms with Crippen molar-refractivity contribution in [3.8, 4) is 0 Å². The lowest BCUT2D eigenvalue weighted by Crippen LogP contribution is -3.13. The molecule has 1 atom stereocenters. The van der Waals surface area contributed by atoms with Crippen molar-refractivity contribution in [2.24, 2.45) is 11.8 Å². The van der Waals surface area contributed by atoms with Crippen LogP contribution in [0.5, 0.6) is 0 Å². The van der Waals surface area contributed by atoms with Gasteiger partial charge in [0.25, 0.3) is 0 Å². The third-order valence-corrected chi connectivity index (χ3v) is 2.75. The summed E-state index contributed by atoms with van der Waals surface area (Å²) in [6.45, 7) is 5.28. The molecular weight excluding hydrogens is 166 g/mol. The van der Waals surface area contributed by atoms with Crippen LogP contribution in [0.1, 0.15) is 26.2 Å². The number of nitrogens with two attached hydrogens (primary N) is 1. The van der Waals surface area contributed by atoms with Gasteiger partial charge in [0, 0.05) is 0 Å². The number of carbonyl (C=O) groups excluding carboxylic acids is 1. The second-order valence-electron chi connectivity index (χ2n) is 3.92. The molecule has 1 heterocycles. The van der Waals surface area contributed by atoms with Crippen molar-refractivity contribution in [1.29, 1.82) is 0 Å². The predicted octanol–water partition coefficient (Wildman–Crippen LogP) is -1.32. The maximum Gasteiger partial charge on any atom is 0.242 e. The first-order valence-electron chi connectivity index (χ1n) is 5.08. The average Bonchev–Trinajstić information content (AvgIpc) is 2.18. The van der Waals surface area contributed by atoms with Gasteiger partial charge in [-0.15, -0.1) is 0 Å². The number of rotatable bonds is 3. The van der Waals surface area contributed by atoms with Crippen molar-refractivity contribution in [1.82, 2.24) is 5.43 Å². The zero-order chi connectivity index (χ0) is 9.68. The zero-order valence-electron chi connectivity index (χ0n) is 8.31. The van der Waals surface area contributed by atoms with Crippen LogP contribution in [0.2, 0.25) is 0 Å². The van der Waals surface area contributed by atoms with Crippen LogP contribution in [-0.2, 0) is 4.79 Å². The molecule has 0 radical (unpaired) electrons. The maximum atomic E-state index is 11.1. The summed E-state index contributed by atoms with van der Waals surface area (Å²) < 4.78 is 0. The molecule has 1 saturated heterocycles. The average molecular weight is 186 g/mol. The number of hydrogen-bond donors (Lipinski definition) is 3. The van der Waals surface area contributed by atoms with Crippen LogP contribution >= 0.6 is 0 Å². The van der Waals surface area contributed by atoms with E-state index >= 15 is 0 Å². The fraction of sp³-hybridized carbons (Fsp3) is 0.889. The molecule has 4 heteroatoms. The third kappa shape index (κ3) is 3.32. The first kappa shape index (κ1) is 10.5. The van der Waals surface area contributed by atoms with Crippen molar-refractivity contribution in [2.75, 3.05) is 19.6 Å². The van der Waals surface area contributed by atoms with Crippen LogP contribution in [0, 0.1) is 5.92 Å². The summed E-state index contributed by atoms with van der Waals surface area (Å²) in [7, 11) is 0. The molecular formula is C9H20N3O+. The van der Waals surface area contributed by atoms with Gasteiger partial charge in [-0.25, -0.2) is 5.84 Å². The summed E-state index contributed by atoms with van der Waals surface area (Å²) in [5.74, 6) is 5.07. The van der Waals surface area contributed by atoms with Gasteiger partial charge in [-0.3, -0.25) is 10.2 Å². The molecule has 0 bridgehead atoms. The summed E-state index contributed by atoms with van der Waals surface area (Å²) >= 11 is 0. The van der Waals surface area contributed by atoms with Gasteiger partial charge >= 0.3 is 0 Å². The van der Waals surface area contributed by atoms with Gasteiger partial charge in [0.1, 0.15) is 0 Å². The van der Waals surface area contributed by atoms with E-state index in [1.54, 1.807) is 4.90 Å². The molecule has 4 nitrogen and oxygen atoms in total. The summed E-state index contributed by atoms with van der Waals surface area (Å²) in [4.78, 5) is 12.7. The minimum atomic E-state index is -0.0435. The highest BCUT2D eigenvalue weighted by atomic mass is 16.2. The van der Waals surface area contributed by atoms with Crippen molar-refractivity contribution in [3.63, 3.8) is 0 Å². The van der Waals surface area contributed by atoms with Crippen LogP contribution < -0.4 is 16.2 Å². The van der Waals surface area contributed by atoms with Gasteiger partial charge in [-0.1, -0.05) is 0 Å². The van der Waals surface area contributed by atoms with Gasteiger partial charge in [-0.2, -0.15) is 0 Å². The number of amides is 1. The van der Waals surface area contributed by atoms with Crippen LogP contribution in [0.25, 0.3) is 0 Å². The molecule has 1 fully saturated rings. The van der Waals surface area contributed by atoms with E-state index in [1.165, 1.54) is 32.4 Å². The highest BCUT2D eigenvalue weighted by Crippen LogP contribution is 1.96. The normalized spacial score (nSPS) is 21.1. The number of carbonyl (C=O) groups is 1. The monoisotopic (exact) mass is 186 g/mol. The van der Waals surface area contributed by atoms with Gasteiger partial charge in [-0.05, 0) is 26.2 Å². The lowest BCUT2D eigenvalue weighted by atomic mass is 10.1. The van der Waals surface area contributed by atoms with Crippen molar-refractivity contribution < 1.29 is 9.69 Å². The van der Waals surface area contributed by atoms with E-state index in [0.717, 1.165) is 6.54 Å². The molecule has 4 N–H and O–H groups in total.